The molecule has 0 radical (unpaired) electrons. The fourth-order valence-corrected chi connectivity index (χ4v) is 2.64. The number of nitro benzene ring substituents is 1. The summed E-state index contributed by atoms with van der Waals surface area (Å²) in [7, 11) is 0. The normalized spacial score (nSPS) is 23.2. The number of non-ortho nitro benzene ring substituents is 1. The summed E-state index contributed by atoms with van der Waals surface area (Å²) >= 11 is 0. The molecule has 7 nitrogen and oxygen atoms in total. The molecule has 1 amide bonds. The molecule has 0 aromatic heterocycles. The summed E-state index contributed by atoms with van der Waals surface area (Å²) in [5.74, 6) is -0.116. The van der Waals surface area contributed by atoms with E-state index in [0.717, 1.165) is 19.5 Å². The molecule has 2 atom stereocenters. The van der Waals surface area contributed by atoms with Crippen LogP contribution in [-0.4, -0.2) is 41.4 Å². The Morgan fingerprint density at radius 1 is 1.50 bits per heavy atom. The van der Waals surface area contributed by atoms with Gasteiger partial charge in [0.1, 0.15) is 0 Å². The molecular formula is C15H22N4O3. The van der Waals surface area contributed by atoms with Gasteiger partial charge in [0.2, 0.25) is 5.91 Å². The molecule has 120 valence electrons. The average molecular weight is 306 g/mol. The zero-order chi connectivity index (χ0) is 16.3. The van der Waals surface area contributed by atoms with Crippen molar-refractivity contribution in [2.75, 3.05) is 25.0 Å². The Labute approximate surface area is 129 Å². The number of hydrogen-bond donors (Lipinski definition) is 2. The number of nitro groups is 1. The van der Waals surface area contributed by atoms with Crippen LogP contribution in [0.25, 0.3) is 0 Å². The molecule has 0 bridgehead atoms. The van der Waals surface area contributed by atoms with Crippen molar-refractivity contribution in [1.82, 2.24) is 4.90 Å². The molecule has 1 heterocycles. The van der Waals surface area contributed by atoms with Crippen LogP contribution in [0.2, 0.25) is 0 Å². The fraction of sp³-hybridized carbons (Fsp3) is 0.533. The third-order valence-corrected chi connectivity index (χ3v) is 4.35. The van der Waals surface area contributed by atoms with Gasteiger partial charge in [-0.2, -0.15) is 0 Å². The van der Waals surface area contributed by atoms with E-state index in [9.17, 15) is 14.9 Å². The minimum Gasteiger partial charge on any atom is -0.330 e. The molecule has 1 aromatic carbocycles. The summed E-state index contributed by atoms with van der Waals surface area (Å²) in [5.41, 5.74) is 6.42. The number of anilines is 1. The van der Waals surface area contributed by atoms with E-state index < -0.39 is 4.92 Å². The predicted octanol–water partition coefficient (Wildman–Crippen LogP) is 1.59. The topological polar surface area (TPSA) is 101 Å². The zero-order valence-electron chi connectivity index (χ0n) is 12.9. The lowest BCUT2D eigenvalue weighted by atomic mass is 9.90. The lowest BCUT2D eigenvalue weighted by molar-refractivity contribution is -0.384. The molecule has 2 unspecified atom stereocenters. The number of nitrogens with two attached hydrogens (primary N) is 1. The smallest absolute Gasteiger partial charge is 0.269 e. The molecule has 1 aromatic rings. The first-order chi connectivity index (χ1) is 10.3. The molecule has 0 spiro atoms. The minimum absolute atomic E-state index is 0.00398. The molecule has 2 rings (SSSR count). The van der Waals surface area contributed by atoms with Crippen LogP contribution < -0.4 is 11.1 Å². The van der Waals surface area contributed by atoms with Crippen molar-refractivity contribution >= 4 is 17.3 Å². The summed E-state index contributed by atoms with van der Waals surface area (Å²) in [5, 5.41) is 13.4. The first kappa shape index (κ1) is 16.4. The Bertz CT molecular complexity index is 560. The van der Waals surface area contributed by atoms with Gasteiger partial charge in [-0.25, -0.2) is 0 Å². The van der Waals surface area contributed by atoms with Gasteiger partial charge in [-0.05, 0) is 44.0 Å². The highest BCUT2D eigenvalue weighted by Crippen LogP contribution is 2.30. The van der Waals surface area contributed by atoms with Gasteiger partial charge in [-0.3, -0.25) is 19.8 Å². The monoisotopic (exact) mass is 306 g/mol. The van der Waals surface area contributed by atoms with Crippen LogP contribution in [0.15, 0.2) is 24.3 Å². The van der Waals surface area contributed by atoms with Gasteiger partial charge in [0.15, 0.2) is 0 Å². The molecule has 7 heteroatoms. The van der Waals surface area contributed by atoms with Crippen molar-refractivity contribution in [1.29, 1.82) is 0 Å². The maximum absolute atomic E-state index is 12.3. The second kappa shape index (κ2) is 6.41. The number of nitrogens with zero attached hydrogens (tertiary/aromatic N) is 2. The number of benzene rings is 1. The van der Waals surface area contributed by atoms with Crippen LogP contribution in [0.1, 0.15) is 20.3 Å². The van der Waals surface area contributed by atoms with Gasteiger partial charge < -0.3 is 11.1 Å². The predicted molar refractivity (Wildman–Crippen MR) is 84.5 cm³/mol. The van der Waals surface area contributed by atoms with E-state index in [2.05, 4.69) is 17.1 Å². The van der Waals surface area contributed by atoms with Crippen LogP contribution in [0.4, 0.5) is 11.4 Å². The fourth-order valence-electron chi connectivity index (χ4n) is 2.64. The van der Waals surface area contributed by atoms with Crippen LogP contribution in [0.3, 0.4) is 0 Å². The Hall–Kier alpha value is -1.99. The summed E-state index contributed by atoms with van der Waals surface area (Å²) in [6.45, 7) is 6.26. The van der Waals surface area contributed by atoms with Crippen molar-refractivity contribution in [2.24, 2.45) is 11.1 Å². The molecular weight excluding hydrogens is 284 g/mol. The molecule has 1 saturated heterocycles. The van der Waals surface area contributed by atoms with Crippen LogP contribution in [0.5, 0.6) is 0 Å². The standard InChI is InChI=1S/C15H22N4O3/c1-11(18-8-7-15(2,9-16)10-18)14(20)17-12-3-5-13(6-4-12)19(21)22/h3-6,11H,7-10,16H2,1-2H3,(H,17,20). The van der Waals surface area contributed by atoms with Gasteiger partial charge >= 0.3 is 0 Å². The molecule has 1 aliphatic rings. The Kier molecular flexibility index (Phi) is 4.77. The van der Waals surface area contributed by atoms with E-state index in [1.807, 2.05) is 6.92 Å². The van der Waals surface area contributed by atoms with Crippen LogP contribution in [-0.2, 0) is 4.79 Å². The molecule has 0 saturated carbocycles. The number of rotatable bonds is 5. The molecule has 0 aliphatic carbocycles. The van der Waals surface area contributed by atoms with Crippen molar-refractivity contribution in [2.45, 2.75) is 26.3 Å². The number of amides is 1. The van der Waals surface area contributed by atoms with E-state index in [0.29, 0.717) is 12.2 Å². The van der Waals surface area contributed by atoms with Gasteiger partial charge in [0.25, 0.3) is 5.69 Å². The summed E-state index contributed by atoms with van der Waals surface area (Å²) in [4.78, 5) is 24.6. The highest BCUT2D eigenvalue weighted by atomic mass is 16.6. The van der Waals surface area contributed by atoms with E-state index in [-0.39, 0.29) is 23.1 Å². The maximum Gasteiger partial charge on any atom is 0.269 e. The van der Waals surface area contributed by atoms with E-state index in [1.54, 1.807) is 0 Å². The number of nitrogens with one attached hydrogen (secondary N) is 1. The van der Waals surface area contributed by atoms with Gasteiger partial charge in [-0.15, -0.1) is 0 Å². The molecule has 3 N–H and O–H groups in total. The summed E-state index contributed by atoms with van der Waals surface area (Å²) in [6.07, 6.45) is 0.985. The highest BCUT2D eigenvalue weighted by molar-refractivity contribution is 5.94. The molecule has 22 heavy (non-hydrogen) atoms. The third-order valence-electron chi connectivity index (χ3n) is 4.35. The van der Waals surface area contributed by atoms with E-state index in [1.165, 1.54) is 24.3 Å². The lowest BCUT2D eigenvalue weighted by Gasteiger charge is -2.26. The highest BCUT2D eigenvalue weighted by Gasteiger charge is 2.36. The maximum atomic E-state index is 12.3. The van der Waals surface area contributed by atoms with Gasteiger partial charge in [0, 0.05) is 24.4 Å². The number of carbonyl (C=O) groups is 1. The van der Waals surface area contributed by atoms with Crippen molar-refractivity contribution in [3.63, 3.8) is 0 Å². The number of hydrogen-bond acceptors (Lipinski definition) is 5. The largest absolute Gasteiger partial charge is 0.330 e. The Morgan fingerprint density at radius 2 is 2.14 bits per heavy atom. The second-order valence-electron chi connectivity index (χ2n) is 6.20. The zero-order valence-corrected chi connectivity index (χ0v) is 12.9. The van der Waals surface area contributed by atoms with E-state index >= 15 is 0 Å². The summed E-state index contributed by atoms with van der Waals surface area (Å²) < 4.78 is 0. The lowest BCUT2D eigenvalue weighted by Crippen LogP contribution is -2.42. The van der Waals surface area contributed by atoms with Crippen molar-refractivity contribution < 1.29 is 9.72 Å². The van der Waals surface area contributed by atoms with Crippen molar-refractivity contribution in [3.05, 3.63) is 34.4 Å². The number of carbonyl (C=O) groups excluding carboxylic acids is 1. The Balaban J connectivity index is 1.95. The SMILES string of the molecule is CC(C(=O)Nc1ccc([N+](=O)[O-])cc1)N1CCC(C)(CN)C1. The van der Waals surface area contributed by atoms with Crippen LogP contribution in [0, 0.1) is 15.5 Å². The summed E-state index contributed by atoms with van der Waals surface area (Å²) in [6, 6.07) is 5.57. The minimum atomic E-state index is -0.466. The second-order valence-corrected chi connectivity index (χ2v) is 6.20. The third kappa shape index (κ3) is 3.61. The first-order valence-corrected chi connectivity index (χ1v) is 7.34. The van der Waals surface area contributed by atoms with Crippen molar-refractivity contribution in [3.8, 4) is 0 Å². The van der Waals surface area contributed by atoms with E-state index in [4.69, 9.17) is 5.73 Å². The first-order valence-electron chi connectivity index (χ1n) is 7.34. The van der Waals surface area contributed by atoms with Gasteiger partial charge in [0.05, 0.1) is 11.0 Å². The Morgan fingerprint density at radius 3 is 2.64 bits per heavy atom. The number of likely N-dealkylation sites (tertiary alicyclic amines) is 1. The van der Waals surface area contributed by atoms with Gasteiger partial charge in [-0.1, -0.05) is 6.92 Å². The molecule has 1 aliphatic heterocycles. The molecule has 1 fully saturated rings. The average Bonchev–Trinajstić information content (AvgIpc) is 2.90. The quantitative estimate of drug-likeness (QED) is 0.635. The van der Waals surface area contributed by atoms with Crippen LogP contribution >= 0.6 is 0 Å².